The number of hydrogen-bond donors (Lipinski definition) is 1. The van der Waals surface area contributed by atoms with E-state index in [9.17, 15) is 4.79 Å². The summed E-state index contributed by atoms with van der Waals surface area (Å²) < 4.78 is 5.09. The first-order chi connectivity index (χ1) is 6.77. The van der Waals surface area contributed by atoms with Crippen molar-refractivity contribution in [2.24, 2.45) is 11.7 Å². The molecule has 0 aliphatic heterocycles. The van der Waals surface area contributed by atoms with Crippen molar-refractivity contribution in [2.75, 3.05) is 0 Å². The molecule has 1 saturated carbocycles. The molecular weight excluding hydrogens is 178 g/mol. The second kappa shape index (κ2) is 3.96. The summed E-state index contributed by atoms with van der Waals surface area (Å²) >= 11 is 0. The van der Waals surface area contributed by atoms with Gasteiger partial charge < -0.3 is 10.2 Å². The first-order valence-corrected chi connectivity index (χ1v) is 5.10. The lowest BCUT2D eigenvalue weighted by Gasteiger charge is -2.24. The van der Waals surface area contributed by atoms with Gasteiger partial charge in [0, 0.05) is 12.0 Å². The maximum Gasteiger partial charge on any atom is 0.201 e. The molecule has 1 aromatic rings. The van der Waals surface area contributed by atoms with Crippen LogP contribution in [0.2, 0.25) is 0 Å². The highest BCUT2D eigenvalue weighted by Crippen LogP contribution is 2.26. The van der Waals surface area contributed by atoms with E-state index in [1.165, 1.54) is 0 Å². The quantitative estimate of drug-likeness (QED) is 0.730. The molecule has 1 aromatic heterocycles. The zero-order valence-electron chi connectivity index (χ0n) is 8.11. The van der Waals surface area contributed by atoms with E-state index in [0.29, 0.717) is 5.76 Å². The first-order valence-electron chi connectivity index (χ1n) is 5.10. The Hall–Kier alpha value is -1.09. The fourth-order valence-electron chi connectivity index (χ4n) is 2.00. The van der Waals surface area contributed by atoms with Gasteiger partial charge in [0.25, 0.3) is 0 Å². The molecule has 0 amide bonds. The maximum absolute atomic E-state index is 11.8. The summed E-state index contributed by atoms with van der Waals surface area (Å²) in [6.45, 7) is 0. The molecule has 0 aromatic carbocycles. The van der Waals surface area contributed by atoms with Gasteiger partial charge in [-0.05, 0) is 37.8 Å². The Bertz CT molecular complexity index is 297. The van der Waals surface area contributed by atoms with Crippen molar-refractivity contribution in [1.82, 2.24) is 0 Å². The van der Waals surface area contributed by atoms with E-state index >= 15 is 0 Å². The van der Waals surface area contributed by atoms with Gasteiger partial charge in [-0.25, -0.2) is 0 Å². The third-order valence-electron chi connectivity index (χ3n) is 2.91. The number of carbonyl (C=O) groups is 1. The van der Waals surface area contributed by atoms with Crippen molar-refractivity contribution in [3.63, 3.8) is 0 Å². The average Bonchev–Trinajstić information content (AvgIpc) is 2.71. The van der Waals surface area contributed by atoms with Gasteiger partial charge in [0.2, 0.25) is 5.78 Å². The minimum absolute atomic E-state index is 0.126. The van der Waals surface area contributed by atoms with Crippen LogP contribution in [0.5, 0.6) is 0 Å². The zero-order chi connectivity index (χ0) is 9.97. The first kappa shape index (κ1) is 9.46. The van der Waals surface area contributed by atoms with Crippen molar-refractivity contribution in [3.8, 4) is 0 Å². The number of nitrogens with two attached hydrogens (primary N) is 1. The second-order valence-electron chi connectivity index (χ2n) is 3.95. The van der Waals surface area contributed by atoms with E-state index in [0.717, 1.165) is 25.7 Å². The van der Waals surface area contributed by atoms with Crippen LogP contribution in [0, 0.1) is 5.92 Å². The van der Waals surface area contributed by atoms with Gasteiger partial charge in [-0.3, -0.25) is 4.79 Å². The van der Waals surface area contributed by atoms with Crippen LogP contribution < -0.4 is 5.73 Å². The van der Waals surface area contributed by atoms with Crippen molar-refractivity contribution in [1.29, 1.82) is 0 Å². The van der Waals surface area contributed by atoms with Crippen molar-refractivity contribution in [3.05, 3.63) is 24.2 Å². The number of Topliss-reactive ketones (excluding diaryl/α,β-unsaturated/α-hetero) is 1. The van der Waals surface area contributed by atoms with Crippen LogP contribution in [-0.4, -0.2) is 11.8 Å². The smallest absolute Gasteiger partial charge is 0.201 e. The topological polar surface area (TPSA) is 56.2 Å². The molecule has 14 heavy (non-hydrogen) atoms. The summed E-state index contributed by atoms with van der Waals surface area (Å²) in [5, 5.41) is 0. The number of furan rings is 1. The highest BCUT2D eigenvalue weighted by atomic mass is 16.3. The lowest BCUT2D eigenvalue weighted by atomic mass is 9.83. The number of hydrogen-bond acceptors (Lipinski definition) is 3. The highest BCUT2D eigenvalue weighted by molar-refractivity contribution is 5.95. The van der Waals surface area contributed by atoms with Gasteiger partial charge in [0.15, 0.2) is 5.76 Å². The van der Waals surface area contributed by atoms with Gasteiger partial charge in [0.1, 0.15) is 0 Å². The lowest BCUT2D eigenvalue weighted by molar-refractivity contribution is 0.0856. The van der Waals surface area contributed by atoms with E-state index in [1.807, 2.05) is 0 Å². The summed E-state index contributed by atoms with van der Waals surface area (Å²) in [6.07, 6.45) is 5.26. The number of ketones is 1. The molecule has 1 aliphatic rings. The molecule has 0 radical (unpaired) electrons. The molecule has 2 N–H and O–H groups in total. The van der Waals surface area contributed by atoms with Gasteiger partial charge in [-0.1, -0.05) is 0 Å². The summed E-state index contributed by atoms with van der Waals surface area (Å²) in [6, 6.07) is 3.77. The molecule has 0 bridgehead atoms. The van der Waals surface area contributed by atoms with E-state index in [1.54, 1.807) is 18.4 Å². The molecule has 1 aliphatic carbocycles. The van der Waals surface area contributed by atoms with Crippen LogP contribution in [0.4, 0.5) is 0 Å². The van der Waals surface area contributed by atoms with Crippen LogP contribution in [0.1, 0.15) is 36.2 Å². The largest absolute Gasteiger partial charge is 0.461 e. The SMILES string of the molecule is NC1CCC(C(=O)c2ccco2)CC1. The minimum atomic E-state index is 0.126. The van der Waals surface area contributed by atoms with Gasteiger partial charge in [-0.2, -0.15) is 0 Å². The predicted octanol–water partition coefficient (Wildman–Crippen LogP) is 1.98. The van der Waals surface area contributed by atoms with Crippen LogP contribution in [0.25, 0.3) is 0 Å². The average molecular weight is 193 g/mol. The molecular formula is C11H15NO2. The lowest BCUT2D eigenvalue weighted by Crippen LogP contribution is -2.29. The van der Waals surface area contributed by atoms with Gasteiger partial charge in [-0.15, -0.1) is 0 Å². The highest BCUT2D eigenvalue weighted by Gasteiger charge is 2.26. The maximum atomic E-state index is 11.8. The third kappa shape index (κ3) is 1.87. The normalized spacial score (nSPS) is 27.5. The van der Waals surface area contributed by atoms with Crippen molar-refractivity contribution in [2.45, 2.75) is 31.7 Å². The summed E-state index contributed by atoms with van der Waals surface area (Å²) in [4.78, 5) is 11.8. The Morgan fingerprint density at radius 3 is 2.64 bits per heavy atom. The molecule has 2 rings (SSSR count). The van der Waals surface area contributed by atoms with E-state index in [2.05, 4.69) is 0 Å². The van der Waals surface area contributed by atoms with E-state index in [4.69, 9.17) is 10.2 Å². The molecule has 0 spiro atoms. The van der Waals surface area contributed by atoms with E-state index in [-0.39, 0.29) is 17.7 Å². The Balaban J connectivity index is 1.99. The second-order valence-corrected chi connectivity index (χ2v) is 3.95. The van der Waals surface area contributed by atoms with Crippen LogP contribution in [-0.2, 0) is 0 Å². The molecule has 0 atom stereocenters. The minimum Gasteiger partial charge on any atom is -0.461 e. The van der Waals surface area contributed by atoms with E-state index < -0.39 is 0 Å². The molecule has 3 nitrogen and oxygen atoms in total. The fourth-order valence-corrected chi connectivity index (χ4v) is 2.00. The Morgan fingerprint density at radius 2 is 2.07 bits per heavy atom. The molecule has 1 heterocycles. The Kier molecular flexibility index (Phi) is 2.68. The Morgan fingerprint density at radius 1 is 1.36 bits per heavy atom. The van der Waals surface area contributed by atoms with Crippen LogP contribution in [0.3, 0.4) is 0 Å². The van der Waals surface area contributed by atoms with Crippen LogP contribution in [0.15, 0.2) is 22.8 Å². The van der Waals surface area contributed by atoms with Crippen molar-refractivity contribution >= 4 is 5.78 Å². The molecule has 76 valence electrons. The summed E-state index contributed by atoms with van der Waals surface area (Å²) in [7, 11) is 0. The fraction of sp³-hybridized carbons (Fsp3) is 0.545. The monoisotopic (exact) mass is 193 g/mol. The van der Waals surface area contributed by atoms with Gasteiger partial charge >= 0.3 is 0 Å². The van der Waals surface area contributed by atoms with Gasteiger partial charge in [0.05, 0.1) is 6.26 Å². The Labute approximate surface area is 83.3 Å². The summed E-state index contributed by atoms with van der Waals surface area (Å²) in [5.74, 6) is 0.758. The molecule has 1 fully saturated rings. The van der Waals surface area contributed by atoms with Crippen LogP contribution >= 0.6 is 0 Å². The zero-order valence-corrected chi connectivity index (χ0v) is 8.11. The molecule has 0 saturated heterocycles. The molecule has 0 unspecified atom stereocenters. The number of rotatable bonds is 2. The standard InChI is InChI=1S/C11H15NO2/c12-9-5-3-8(4-6-9)11(13)10-2-1-7-14-10/h1-2,7-9H,3-6,12H2. The molecule has 3 heteroatoms. The summed E-state index contributed by atoms with van der Waals surface area (Å²) in [5.41, 5.74) is 5.78. The number of carbonyl (C=O) groups excluding carboxylic acids is 1. The third-order valence-corrected chi connectivity index (χ3v) is 2.91. The predicted molar refractivity (Wildman–Crippen MR) is 53.0 cm³/mol. The van der Waals surface area contributed by atoms with Crippen molar-refractivity contribution < 1.29 is 9.21 Å².